The molecule has 1 aromatic heterocycles. The van der Waals surface area contributed by atoms with Crippen LogP contribution in [0.5, 0.6) is 5.75 Å². The third kappa shape index (κ3) is 6.20. The van der Waals surface area contributed by atoms with Gasteiger partial charge in [0, 0.05) is 32.7 Å². The third-order valence-corrected chi connectivity index (χ3v) is 4.65. The van der Waals surface area contributed by atoms with Gasteiger partial charge >= 0.3 is 0 Å². The van der Waals surface area contributed by atoms with Gasteiger partial charge in [-0.25, -0.2) is 0 Å². The molecule has 1 aliphatic heterocycles. The fraction of sp³-hybridized carbons (Fsp3) is 0.476. The Bertz CT molecular complexity index is 725. The van der Waals surface area contributed by atoms with Gasteiger partial charge in [-0.3, -0.25) is 4.90 Å². The highest BCUT2D eigenvalue weighted by Gasteiger charge is 2.17. The van der Waals surface area contributed by atoms with Crippen molar-refractivity contribution >= 4 is 12.0 Å². The maximum Gasteiger partial charge on any atom is 0.151 e. The molecule has 0 amide bonds. The minimum Gasteiger partial charge on any atom is -0.494 e. The largest absolute Gasteiger partial charge is 0.494 e. The lowest BCUT2D eigenvalue weighted by atomic mass is 10.2. The monoisotopic (exact) mass is 383 g/mol. The Morgan fingerprint density at radius 2 is 1.82 bits per heavy atom. The zero-order valence-electron chi connectivity index (χ0n) is 16.8. The molecule has 0 atom stereocenters. The van der Waals surface area contributed by atoms with Crippen LogP contribution in [0.25, 0.3) is 0 Å². The van der Waals surface area contributed by atoms with Crippen LogP contribution in [-0.4, -0.2) is 67.2 Å². The zero-order chi connectivity index (χ0) is 19.6. The van der Waals surface area contributed by atoms with Gasteiger partial charge in [-0.15, -0.1) is 5.10 Å². The first-order valence-electron chi connectivity index (χ1n) is 9.90. The molecule has 2 aromatic rings. The predicted molar refractivity (Wildman–Crippen MR) is 111 cm³/mol. The number of aromatic nitrogens is 2. The van der Waals surface area contributed by atoms with Gasteiger partial charge in [-0.05, 0) is 62.2 Å². The second-order valence-corrected chi connectivity index (χ2v) is 6.78. The van der Waals surface area contributed by atoms with Crippen molar-refractivity contribution < 1.29 is 9.57 Å². The van der Waals surface area contributed by atoms with Gasteiger partial charge in [-0.2, -0.15) is 5.10 Å². The summed E-state index contributed by atoms with van der Waals surface area (Å²) in [6.45, 7) is 10.3. The summed E-state index contributed by atoms with van der Waals surface area (Å²) in [5.41, 5.74) is 1.95. The van der Waals surface area contributed by atoms with Crippen LogP contribution in [0.3, 0.4) is 0 Å². The average Bonchev–Trinajstić information content (AvgIpc) is 2.73. The van der Waals surface area contributed by atoms with Crippen molar-refractivity contribution in [2.24, 2.45) is 5.16 Å². The van der Waals surface area contributed by atoms with E-state index >= 15 is 0 Å². The summed E-state index contributed by atoms with van der Waals surface area (Å²) in [5, 5.41) is 12.3. The van der Waals surface area contributed by atoms with Crippen molar-refractivity contribution in [1.29, 1.82) is 0 Å². The fourth-order valence-corrected chi connectivity index (χ4v) is 3.06. The van der Waals surface area contributed by atoms with Crippen molar-refractivity contribution in [3.63, 3.8) is 0 Å². The molecule has 7 nitrogen and oxygen atoms in total. The zero-order valence-corrected chi connectivity index (χ0v) is 16.8. The van der Waals surface area contributed by atoms with E-state index in [0.717, 1.165) is 68.6 Å². The Balaban J connectivity index is 1.32. The molecule has 0 N–H and O–H groups in total. The summed E-state index contributed by atoms with van der Waals surface area (Å²) < 4.78 is 5.85. The number of hydrogen-bond donors (Lipinski definition) is 0. The van der Waals surface area contributed by atoms with Crippen molar-refractivity contribution in [3.05, 3.63) is 47.7 Å². The van der Waals surface area contributed by atoms with E-state index in [1.807, 2.05) is 44.2 Å². The first-order valence-corrected chi connectivity index (χ1v) is 9.90. The molecule has 0 spiro atoms. The quantitative estimate of drug-likeness (QED) is 0.377. The van der Waals surface area contributed by atoms with Crippen molar-refractivity contribution in [2.45, 2.75) is 20.3 Å². The first kappa shape index (κ1) is 20.1. The highest BCUT2D eigenvalue weighted by molar-refractivity contribution is 5.79. The van der Waals surface area contributed by atoms with E-state index in [1.54, 1.807) is 6.21 Å². The van der Waals surface area contributed by atoms with Crippen molar-refractivity contribution in [3.8, 4) is 5.75 Å². The van der Waals surface area contributed by atoms with Crippen LogP contribution in [-0.2, 0) is 4.84 Å². The molecule has 1 saturated heterocycles. The molecule has 0 bridgehead atoms. The number of oxime groups is 1. The van der Waals surface area contributed by atoms with Crippen LogP contribution >= 0.6 is 0 Å². The molecular weight excluding hydrogens is 354 g/mol. The minimum atomic E-state index is 0.576. The van der Waals surface area contributed by atoms with Gasteiger partial charge in [0.25, 0.3) is 0 Å². The Morgan fingerprint density at radius 3 is 2.50 bits per heavy atom. The SMILES string of the molecule is CCO/N=C/c1ccc(OCCCN2CCN(c3ccc(C)nn3)CC2)cc1. The number of anilines is 1. The van der Waals surface area contributed by atoms with E-state index < -0.39 is 0 Å². The average molecular weight is 383 g/mol. The van der Waals surface area contributed by atoms with Gasteiger partial charge in [0.1, 0.15) is 12.4 Å². The van der Waals surface area contributed by atoms with Crippen molar-refractivity contribution in [1.82, 2.24) is 15.1 Å². The van der Waals surface area contributed by atoms with Crippen LogP contribution in [0.1, 0.15) is 24.6 Å². The van der Waals surface area contributed by atoms with Crippen molar-refractivity contribution in [2.75, 3.05) is 50.8 Å². The molecule has 1 aromatic carbocycles. The molecule has 0 radical (unpaired) electrons. The second-order valence-electron chi connectivity index (χ2n) is 6.78. The van der Waals surface area contributed by atoms with Crippen LogP contribution < -0.4 is 9.64 Å². The molecule has 2 heterocycles. The Kier molecular flexibility index (Phi) is 7.61. The van der Waals surface area contributed by atoms with E-state index in [0.29, 0.717) is 6.61 Å². The molecule has 1 fully saturated rings. The highest BCUT2D eigenvalue weighted by atomic mass is 16.6. The van der Waals surface area contributed by atoms with Gasteiger partial charge in [-0.1, -0.05) is 5.16 Å². The summed E-state index contributed by atoms with van der Waals surface area (Å²) in [6.07, 6.45) is 2.72. The topological polar surface area (TPSA) is 63.1 Å². The lowest BCUT2D eigenvalue weighted by Gasteiger charge is -2.35. The number of piperazine rings is 1. The lowest BCUT2D eigenvalue weighted by molar-refractivity contribution is 0.160. The summed E-state index contributed by atoms with van der Waals surface area (Å²) in [7, 11) is 0. The van der Waals surface area contributed by atoms with E-state index in [1.165, 1.54) is 0 Å². The normalized spacial score (nSPS) is 15.1. The Morgan fingerprint density at radius 1 is 1.04 bits per heavy atom. The Labute approximate surface area is 167 Å². The maximum atomic E-state index is 5.85. The lowest BCUT2D eigenvalue weighted by Crippen LogP contribution is -2.47. The molecule has 7 heteroatoms. The minimum absolute atomic E-state index is 0.576. The summed E-state index contributed by atoms with van der Waals surface area (Å²) in [4.78, 5) is 9.75. The molecule has 150 valence electrons. The highest BCUT2D eigenvalue weighted by Crippen LogP contribution is 2.14. The van der Waals surface area contributed by atoms with E-state index in [9.17, 15) is 0 Å². The predicted octanol–water partition coefficient (Wildman–Crippen LogP) is 2.75. The summed E-state index contributed by atoms with van der Waals surface area (Å²) in [6, 6.07) is 12.0. The molecule has 0 saturated carbocycles. The van der Waals surface area contributed by atoms with Gasteiger partial charge in [0.05, 0.1) is 18.5 Å². The van der Waals surface area contributed by atoms with E-state index in [-0.39, 0.29) is 0 Å². The summed E-state index contributed by atoms with van der Waals surface area (Å²) >= 11 is 0. The standard InChI is InChI=1S/C21H29N5O2/c1-3-28-22-17-19-6-8-20(9-7-19)27-16-4-11-25-12-14-26(15-13-25)21-10-5-18(2)23-24-21/h5-10,17H,3-4,11-16H2,1-2H3/b22-17+. The number of rotatable bonds is 9. The molecular formula is C21H29N5O2. The van der Waals surface area contributed by atoms with Gasteiger partial charge in [0.2, 0.25) is 0 Å². The second kappa shape index (κ2) is 10.6. The number of hydrogen-bond acceptors (Lipinski definition) is 7. The van der Waals surface area contributed by atoms with Crippen LogP contribution in [0.2, 0.25) is 0 Å². The summed E-state index contributed by atoms with van der Waals surface area (Å²) in [5.74, 6) is 1.86. The van der Waals surface area contributed by atoms with Gasteiger partial charge in [0.15, 0.2) is 5.82 Å². The van der Waals surface area contributed by atoms with E-state index in [2.05, 4.69) is 31.2 Å². The maximum absolute atomic E-state index is 5.85. The molecule has 0 aliphatic carbocycles. The smallest absolute Gasteiger partial charge is 0.151 e. The number of benzene rings is 1. The number of ether oxygens (including phenoxy) is 1. The third-order valence-electron chi connectivity index (χ3n) is 4.65. The van der Waals surface area contributed by atoms with Gasteiger partial charge < -0.3 is 14.5 Å². The molecule has 28 heavy (non-hydrogen) atoms. The fourth-order valence-electron chi connectivity index (χ4n) is 3.06. The first-order chi connectivity index (χ1) is 13.7. The number of nitrogens with zero attached hydrogens (tertiary/aromatic N) is 5. The number of aryl methyl sites for hydroxylation is 1. The molecule has 1 aliphatic rings. The van der Waals surface area contributed by atoms with Crippen LogP contribution in [0.4, 0.5) is 5.82 Å². The van der Waals surface area contributed by atoms with E-state index in [4.69, 9.17) is 9.57 Å². The molecule has 3 rings (SSSR count). The Hall–Kier alpha value is -2.67. The van der Waals surface area contributed by atoms with Crippen LogP contribution in [0.15, 0.2) is 41.6 Å². The molecule has 0 unspecified atom stereocenters. The van der Waals surface area contributed by atoms with Crippen LogP contribution in [0, 0.1) is 6.92 Å².